The van der Waals surface area contributed by atoms with Gasteiger partial charge in [-0.15, -0.1) is 0 Å². The number of carbonyl (C=O) groups is 2. The van der Waals surface area contributed by atoms with E-state index in [1.807, 2.05) is 38.1 Å². The predicted molar refractivity (Wildman–Crippen MR) is 174 cm³/mol. The van der Waals surface area contributed by atoms with Crippen molar-refractivity contribution in [3.8, 4) is 23.0 Å². The number of thiazole rings is 1. The zero-order valence-electron chi connectivity index (χ0n) is 25.8. The Balaban J connectivity index is 1.47. The standard InChI is InChI=1S/C35H36N2O7S/c1-5-7-8-15-43-27-14-9-21(18-28(27)41-4)31-30(32(38)22-10-13-26-23(17-22)16-20(3)44-26)33(39)34(40)37(31)35-36-25-12-11-24(42-6-2)19-29(25)45-35/h9-14,17-20,31,38H,5-8,15-16H2,1-4H3/b32-30+/t20-,31+/m1/s1. The second-order valence-corrected chi connectivity index (χ2v) is 12.2. The third kappa shape index (κ3) is 5.82. The number of ketones is 1. The molecule has 1 fully saturated rings. The summed E-state index contributed by atoms with van der Waals surface area (Å²) in [7, 11) is 1.55. The van der Waals surface area contributed by atoms with Gasteiger partial charge in [0.2, 0.25) is 0 Å². The molecular weight excluding hydrogens is 592 g/mol. The molecule has 10 heteroatoms. The first-order valence-corrected chi connectivity index (χ1v) is 16.1. The van der Waals surface area contributed by atoms with Crippen LogP contribution in [0.1, 0.15) is 62.8 Å². The fourth-order valence-electron chi connectivity index (χ4n) is 5.83. The number of unbranched alkanes of at least 4 members (excludes halogenated alkanes) is 2. The van der Waals surface area contributed by atoms with Crippen molar-refractivity contribution in [2.45, 2.75) is 58.6 Å². The van der Waals surface area contributed by atoms with Gasteiger partial charge in [0.1, 0.15) is 23.4 Å². The molecule has 0 aliphatic carbocycles. The van der Waals surface area contributed by atoms with Gasteiger partial charge >= 0.3 is 5.91 Å². The highest BCUT2D eigenvalue weighted by atomic mass is 32.1. The Morgan fingerprint density at radius 2 is 1.89 bits per heavy atom. The highest BCUT2D eigenvalue weighted by Gasteiger charge is 2.48. The first-order chi connectivity index (χ1) is 21.8. The minimum Gasteiger partial charge on any atom is -0.507 e. The maximum absolute atomic E-state index is 13.8. The Hall–Kier alpha value is -4.57. The van der Waals surface area contributed by atoms with E-state index in [0.29, 0.717) is 58.7 Å². The Morgan fingerprint density at radius 1 is 1.04 bits per heavy atom. The number of rotatable bonds is 11. The average molecular weight is 629 g/mol. The zero-order valence-corrected chi connectivity index (χ0v) is 26.6. The summed E-state index contributed by atoms with van der Waals surface area (Å²) in [5.74, 6) is 0.624. The van der Waals surface area contributed by atoms with Crippen LogP contribution in [0, 0.1) is 0 Å². The van der Waals surface area contributed by atoms with E-state index in [9.17, 15) is 14.7 Å². The van der Waals surface area contributed by atoms with Crippen LogP contribution in [0.2, 0.25) is 0 Å². The molecule has 0 spiro atoms. The largest absolute Gasteiger partial charge is 0.507 e. The molecule has 1 N–H and O–H groups in total. The lowest BCUT2D eigenvalue weighted by Gasteiger charge is -2.24. The first kappa shape index (κ1) is 30.5. The van der Waals surface area contributed by atoms with E-state index < -0.39 is 17.7 Å². The van der Waals surface area contributed by atoms with Gasteiger partial charge in [-0.1, -0.05) is 37.2 Å². The maximum atomic E-state index is 13.8. The molecule has 1 aromatic heterocycles. The quantitative estimate of drug-likeness (QED) is 0.0803. The van der Waals surface area contributed by atoms with Crippen LogP contribution >= 0.6 is 11.3 Å². The topological polar surface area (TPSA) is 107 Å². The molecule has 45 heavy (non-hydrogen) atoms. The number of aliphatic hydroxyl groups is 1. The number of methoxy groups -OCH3 is 1. The highest BCUT2D eigenvalue weighted by molar-refractivity contribution is 7.22. The van der Waals surface area contributed by atoms with Crippen LogP contribution < -0.4 is 23.8 Å². The summed E-state index contributed by atoms with van der Waals surface area (Å²) >= 11 is 1.28. The van der Waals surface area contributed by atoms with Crippen LogP contribution in [0.4, 0.5) is 5.13 Å². The van der Waals surface area contributed by atoms with Gasteiger partial charge in [-0.05, 0) is 79.9 Å². The third-order valence-corrected chi connectivity index (χ3v) is 9.01. The lowest BCUT2D eigenvalue weighted by Crippen LogP contribution is -2.29. The number of fused-ring (bicyclic) bond motifs is 2. The van der Waals surface area contributed by atoms with E-state index in [-0.39, 0.29) is 17.4 Å². The number of anilines is 1. The number of ether oxygens (including phenoxy) is 4. The average Bonchev–Trinajstić information content (AvgIpc) is 3.70. The number of benzene rings is 3. The van der Waals surface area contributed by atoms with Crippen molar-refractivity contribution in [2.24, 2.45) is 0 Å². The fourth-order valence-corrected chi connectivity index (χ4v) is 6.85. The van der Waals surface area contributed by atoms with Gasteiger partial charge in [-0.3, -0.25) is 14.5 Å². The number of hydrogen-bond donors (Lipinski definition) is 1. The summed E-state index contributed by atoms with van der Waals surface area (Å²) in [5.41, 5.74) is 2.57. The van der Waals surface area contributed by atoms with Crippen LogP contribution in [0.25, 0.3) is 16.0 Å². The Kier molecular flexibility index (Phi) is 8.67. The predicted octanol–water partition coefficient (Wildman–Crippen LogP) is 7.22. The molecule has 0 unspecified atom stereocenters. The van der Waals surface area contributed by atoms with E-state index in [1.165, 1.54) is 16.2 Å². The number of Topliss-reactive ketones (excluding diaryl/α,β-unsaturated/α-hetero) is 1. The minimum absolute atomic E-state index is 0.0143. The smallest absolute Gasteiger partial charge is 0.301 e. The van der Waals surface area contributed by atoms with Crippen molar-refractivity contribution in [3.05, 3.63) is 76.9 Å². The summed E-state index contributed by atoms with van der Waals surface area (Å²) in [6.45, 7) is 7.07. The van der Waals surface area contributed by atoms with Crippen LogP contribution in [0.3, 0.4) is 0 Å². The van der Waals surface area contributed by atoms with Gasteiger partial charge in [-0.25, -0.2) is 4.98 Å². The van der Waals surface area contributed by atoms with E-state index in [1.54, 1.807) is 37.4 Å². The first-order valence-electron chi connectivity index (χ1n) is 15.3. The molecular formula is C35H36N2O7S. The molecule has 0 radical (unpaired) electrons. The summed E-state index contributed by atoms with van der Waals surface area (Å²) in [4.78, 5) is 33.8. The van der Waals surface area contributed by atoms with Gasteiger partial charge in [0.15, 0.2) is 16.6 Å². The van der Waals surface area contributed by atoms with E-state index in [2.05, 4.69) is 6.92 Å². The monoisotopic (exact) mass is 628 g/mol. The van der Waals surface area contributed by atoms with Gasteiger partial charge < -0.3 is 24.1 Å². The van der Waals surface area contributed by atoms with Crippen LogP contribution in [-0.2, 0) is 16.0 Å². The zero-order chi connectivity index (χ0) is 31.7. The number of carbonyl (C=O) groups excluding carboxylic acids is 2. The maximum Gasteiger partial charge on any atom is 0.301 e. The molecule has 1 saturated heterocycles. The molecule has 2 aliphatic rings. The van der Waals surface area contributed by atoms with Gasteiger partial charge in [-0.2, -0.15) is 0 Å². The van der Waals surface area contributed by atoms with Crippen molar-refractivity contribution in [1.29, 1.82) is 0 Å². The fraction of sp³-hybridized carbons (Fsp3) is 0.343. The number of nitrogens with zero attached hydrogens (tertiary/aromatic N) is 2. The Morgan fingerprint density at radius 3 is 2.67 bits per heavy atom. The minimum atomic E-state index is -0.969. The molecule has 1 amide bonds. The molecule has 6 rings (SSSR count). The van der Waals surface area contributed by atoms with E-state index >= 15 is 0 Å². The van der Waals surface area contributed by atoms with Crippen LogP contribution in [-0.4, -0.2) is 48.2 Å². The lowest BCUT2D eigenvalue weighted by atomic mass is 9.94. The molecule has 3 aromatic carbocycles. The summed E-state index contributed by atoms with van der Waals surface area (Å²) < 4.78 is 24.0. The highest BCUT2D eigenvalue weighted by Crippen LogP contribution is 2.46. The van der Waals surface area contributed by atoms with E-state index in [0.717, 1.165) is 35.3 Å². The number of aliphatic hydroxyl groups excluding tert-OH is 1. The van der Waals surface area contributed by atoms with Crippen molar-refractivity contribution in [2.75, 3.05) is 25.2 Å². The second kappa shape index (κ2) is 12.8. The number of hydrogen-bond acceptors (Lipinski definition) is 9. The Bertz CT molecular complexity index is 1800. The third-order valence-electron chi connectivity index (χ3n) is 7.99. The van der Waals surface area contributed by atoms with Gasteiger partial charge in [0, 0.05) is 12.0 Å². The van der Waals surface area contributed by atoms with Crippen molar-refractivity contribution in [1.82, 2.24) is 4.98 Å². The SMILES string of the molecule is CCCCCOc1ccc([C@H]2/C(=C(\O)c3ccc4c(c3)C[C@@H](C)O4)C(=O)C(=O)N2c2nc3ccc(OCC)cc3s2)cc1OC. The number of aromatic nitrogens is 1. The summed E-state index contributed by atoms with van der Waals surface area (Å²) in [5, 5.41) is 12.1. The van der Waals surface area contributed by atoms with Gasteiger partial charge in [0.05, 0.1) is 42.2 Å². The van der Waals surface area contributed by atoms with Crippen LogP contribution in [0.5, 0.6) is 23.0 Å². The van der Waals surface area contributed by atoms with Crippen molar-refractivity contribution in [3.63, 3.8) is 0 Å². The normalized spacial score (nSPS) is 18.7. The molecule has 3 heterocycles. The Labute approximate surface area is 266 Å². The summed E-state index contributed by atoms with van der Waals surface area (Å²) in [6, 6.07) is 15.2. The molecule has 2 atom stereocenters. The van der Waals surface area contributed by atoms with E-state index in [4.69, 9.17) is 23.9 Å². The molecule has 0 saturated carbocycles. The molecule has 4 aromatic rings. The van der Waals surface area contributed by atoms with Crippen LogP contribution in [0.15, 0.2) is 60.2 Å². The van der Waals surface area contributed by atoms with Crippen molar-refractivity contribution < 1.29 is 33.6 Å². The molecule has 9 nitrogen and oxygen atoms in total. The number of amides is 1. The van der Waals surface area contributed by atoms with Gasteiger partial charge in [0.25, 0.3) is 5.78 Å². The molecule has 234 valence electrons. The molecule has 2 aliphatic heterocycles. The molecule has 0 bridgehead atoms. The second-order valence-electron chi connectivity index (χ2n) is 11.1. The summed E-state index contributed by atoms with van der Waals surface area (Å²) in [6.07, 6.45) is 3.74. The lowest BCUT2D eigenvalue weighted by molar-refractivity contribution is -0.132. The van der Waals surface area contributed by atoms with Crippen molar-refractivity contribution >= 4 is 44.1 Å².